The number of fused-ring (bicyclic) bond motifs is 1. The summed E-state index contributed by atoms with van der Waals surface area (Å²) in [6.07, 6.45) is 5.47. The van der Waals surface area contributed by atoms with Gasteiger partial charge in [-0.15, -0.1) is 0 Å². The van der Waals surface area contributed by atoms with Gasteiger partial charge in [0.2, 0.25) is 0 Å². The molecule has 2 aromatic carbocycles. The average molecular weight is 422 g/mol. The lowest BCUT2D eigenvalue weighted by molar-refractivity contribution is 0.0530. The van der Waals surface area contributed by atoms with E-state index in [4.69, 9.17) is 0 Å². The van der Waals surface area contributed by atoms with Crippen LogP contribution < -0.4 is 0 Å². The molecule has 31 heavy (non-hydrogen) atoms. The Morgan fingerprint density at radius 1 is 0.871 bits per heavy atom. The summed E-state index contributed by atoms with van der Waals surface area (Å²) >= 11 is 0. The number of hydrogen-bond donors (Lipinski definition) is 0. The highest BCUT2D eigenvalue weighted by Gasteiger charge is 2.35. The Morgan fingerprint density at radius 3 is 2.48 bits per heavy atom. The van der Waals surface area contributed by atoms with Crippen molar-refractivity contribution in [2.75, 3.05) is 26.2 Å². The van der Waals surface area contributed by atoms with E-state index in [0.29, 0.717) is 19.5 Å². The maximum Gasteiger partial charge on any atom is 0.257 e. The van der Waals surface area contributed by atoms with Crippen molar-refractivity contribution in [3.63, 3.8) is 0 Å². The molecule has 3 aliphatic rings. The van der Waals surface area contributed by atoms with Gasteiger partial charge in [-0.25, -0.2) is 4.39 Å². The van der Waals surface area contributed by atoms with E-state index in [9.17, 15) is 14.0 Å². The summed E-state index contributed by atoms with van der Waals surface area (Å²) in [6.45, 7) is 3.96. The number of likely N-dealkylation sites (tertiary alicyclic amines) is 2. The lowest BCUT2D eigenvalue weighted by Gasteiger charge is -2.33. The van der Waals surface area contributed by atoms with Crippen LogP contribution in [-0.2, 0) is 13.0 Å². The minimum absolute atomic E-state index is 0.111. The summed E-state index contributed by atoms with van der Waals surface area (Å²) in [6, 6.07) is 12.0. The van der Waals surface area contributed by atoms with Crippen LogP contribution in [0.1, 0.15) is 57.5 Å². The van der Waals surface area contributed by atoms with Crippen LogP contribution in [0.4, 0.5) is 4.39 Å². The molecule has 0 bridgehead atoms. The quantitative estimate of drug-likeness (QED) is 0.759. The van der Waals surface area contributed by atoms with E-state index in [1.165, 1.54) is 25.0 Å². The first kappa shape index (κ1) is 20.2. The van der Waals surface area contributed by atoms with E-state index >= 15 is 0 Å². The smallest absolute Gasteiger partial charge is 0.257 e. The van der Waals surface area contributed by atoms with Crippen molar-refractivity contribution in [1.82, 2.24) is 14.7 Å². The lowest BCUT2D eigenvalue weighted by atomic mass is 9.96. The van der Waals surface area contributed by atoms with Gasteiger partial charge in [0, 0.05) is 38.3 Å². The molecule has 0 radical (unpaired) electrons. The Kier molecular flexibility index (Phi) is 5.48. The Labute approximate surface area is 182 Å². The number of amides is 2. The maximum atomic E-state index is 14.0. The highest BCUT2D eigenvalue weighted by molar-refractivity contribution is 5.96. The molecule has 5 rings (SSSR count). The highest BCUT2D eigenvalue weighted by atomic mass is 19.1. The number of carbonyl (C=O) groups excluding carboxylic acids is 2. The van der Waals surface area contributed by atoms with E-state index in [1.54, 1.807) is 17.0 Å². The second kappa shape index (κ2) is 8.42. The zero-order valence-corrected chi connectivity index (χ0v) is 17.7. The Hall–Kier alpha value is -2.73. The predicted octanol–water partition coefficient (Wildman–Crippen LogP) is 3.68. The number of carbonyl (C=O) groups is 2. The van der Waals surface area contributed by atoms with E-state index in [0.717, 1.165) is 49.2 Å². The molecule has 0 spiro atoms. The summed E-state index contributed by atoms with van der Waals surface area (Å²) in [5, 5.41) is 0. The molecule has 162 valence electrons. The van der Waals surface area contributed by atoms with Crippen LogP contribution in [0, 0.1) is 5.82 Å². The van der Waals surface area contributed by atoms with Gasteiger partial charge in [0.1, 0.15) is 5.82 Å². The number of halogens is 1. The first-order chi connectivity index (χ1) is 15.1. The summed E-state index contributed by atoms with van der Waals surface area (Å²) in [7, 11) is 0. The van der Waals surface area contributed by atoms with Crippen molar-refractivity contribution >= 4 is 11.8 Å². The Bertz CT molecular complexity index is 1000. The first-order valence-electron chi connectivity index (χ1n) is 11.3. The van der Waals surface area contributed by atoms with Crippen molar-refractivity contribution in [3.8, 4) is 0 Å². The monoisotopic (exact) mass is 421 g/mol. The van der Waals surface area contributed by atoms with Gasteiger partial charge in [-0.05, 0) is 67.5 Å². The minimum atomic E-state index is -0.489. The van der Waals surface area contributed by atoms with Crippen molar-refractivity contribution in [3.05, 3.63) is 70.5 Å². The fraction of sp³-hybridized carbons (Fsp3) is 0.440. The molecule has 2 saturated heterocycles. The van der Waals surface area contributed by atoms with Gasteiger partial charge in [0.15, 0.2) is 0 Å². The van der Waals surface area contributed by atoms with E-state index in [2.05, 4.69) is 4.90 Å². The molecule has 3 heterocycles. The van der Waals surface area contributed by atoms with Crippen LogP contribution in [0.15, 0.2) is 42.5 Å². The zero-order chi connectivity index (χ0) is 21.4. The molecular weight excluding hydrogens is 393 g/mol. The standard InChI is InChI=1S/C25H28FN3O2/c26-22-7-2-1-6-21(22)25(31)28-15-11-18-16-19(9-10-20(18)17-28)24(30)29-14-5-8-23(29)27-12-3-4-13-27/h1-2,6-7,9-10,16,23H,3-5,8,11-15,17H2. The van der Waals surface area contributed by atoms with Crippen LogP contribution in [0.2, 0.25) is 0 Å². The summed E-state index contributed by atoms with van der Waals surface area (Å²) in [4.78, 5) is 32.2. The third-order valence-corrected chi connectivity index (χ3v) is 6.90. The van der Waals surface area contributed by atoms with Crippen molar-refractivity contribution in [2.24, 2.45) is 0 Å². The molecule has 6 heteroatoms. The molecule has 2 aromatic rings. The second-order valence-corrected chi connectivity index (χ2v) is 8.80. The molecule has 0 aromatic heterocycles. The predicted molar refractivity (Wildman–Crippen MR) is 116 cm³/mol. The molecule has 5 nitrogen and oxygen atoms in total. The normalized spacial score (nSPS) is 21.4. The molecule has 0 aliphatic carbocycles. The lowest BCUT2D eigenvalue weighted by Crippen LogP contribution is -2.46. The van der Waals surface area contributed by atoms with Crippen molar-refractivity contribution in [1.29, 1.82) is 0 Å². The molecule has 2 amide bonds. The molecule has 2 fully saturated rings. The molecular formula is C25H28FN3O2. The van der Waals surface area contributed by atoms with Crippen LogP contribution >= 0.6 is 0 Å². The molecule has 3 aliphatic heterocycles. The van der Waals surface area contributed by atoms with Gasteiger partial charge < -0.3 is 9.80 Å². The van der Waals surface area contributed by atoms with E-state index in [1.807, 2.05) is 23.1 Å². The zero-order valence-electron chi connectivity index (χ0n) is 17.7. The van der Waals surface area contributed by atoms with Crippen LogP contribution in [0.3, 0.4) is 0 Å². The van der Waals surface area contributed by atoms with E-state index in [-0.39, 0.29) is 23.5 Å². The van der Waals surface area contributed by atoms with Gasteiger partial charge in [-0.2, -0.15) is 0 Å². The maximum absolute atomic E-state index is 14.0. The summed E-state index contributed by atoms with van der Waals surface area (Å²) in [5.41, 5.74) is 2.99. The minimum Gasteiger partial charge on any atom is -0.334 e. The number of rotatable bonds is 3. The summed E-state index contributed by atoms with van der Waals surface area (Å²) < 4.78 is 14.0. The SMILES string of the molecule is O=C(c1ccccc1F)N1CCc2cc(C(=O)N3CCCC3N3CCCC3)ccc2C1. The fourth-order valence-electron chi connectivity index (χ4n) is 5.24. The van der Waals surface area contributed by atoms with Gasteiger partial charge in [0.05, 0.1) is 11.7 Å². The third kappa shape index (κ3) is 3.85. The molecule has 0 saturated carbocycles. The van der Waals surface area contributed by atoms with Gasteiger partial charge in [-0.1, -0.05) is 18.2 Å². The van der Waals surface area contributed by atoms with E-state index < -0.39 is 5.82 Å². The van der Waals surface area contributed by atoms with Crippen molar-refractivity contribution < 1.29 is 14.0 Å². The van der Waals surface area contributed by atoms with Gasteiger partial charge >= 0.3 is 0 Å². The van der Waals surface area contributed by atoms with Crippen LogP contribution in [-0.4, -0.2) is 58.9 Å². The number of benzene rings is 2. The Balaban J connectivity index is 1.31. The fourth-order valence-corrected chi connectivity index (χ4v) is 5.24. The van der Waals surface area contributed by atoms with Gasteiger partial charge in [-0.3, -0.25) is 14.5 Å². The second-order valence-electron chi connectivity index (χ2n) is 8.80. The van der Waals surface area contributed by atoms with Crippen molar-refractivity contribution in [2.45, 2.75) is 44.8 Å². The highest BCUT2D eigenvalue weighted by Crippen LogP contribution is 2.28. The summed E-state index contributed by atoms with van der Waals surface area (Å²) in [5.74, 6) is -0.658. The number of hydrogen-bond acceptors (Lipinski definition) is 3. The third-order valence-electron chi connectivity index (χ3n) is 6.90. The molecule has 0 N–H and O–H groups in total. The largest absolute Gasteiger partial charge is 0.334 e. The average Bonchev–Trinajstić information content (AvgIpc) is 3.49. The number of nitrogens with zero attached hydrogens (tertiary/aromatic N) is 3. The van der Waals surface area contributed by atoms with Gasteiger partial charge in [0.25, 0.3) is 11.8 Å². The van der Waals surface area contributed by atoms with Crippen LogP contribution in [0.5, 0.6) is 0 Å². The first-order valence-corrected chi connectivity index (χ1v) is 11.3. The molecule has 1 unspecified atom stereocenters. The molecule has 1 atom stereocenters. The topological polar surface area (TPSA) is 43.9 Å². The van der Waals surface area contributed by atoms with Crippen LogP contribution in [0.25, 0.3) is 0 Å². The Morgan fingerprint density at radius 2 is 1.68 bits per heavy atom.